The van der Waals surface area contributed by atoms with Crippen LogP contribution in [0.25, 0.3) is 0 Å². The average Bonchev–Trinajstić information content (AvgIpc) is 2.53. The Kier molecular flexibility index (Phi) is 6.47. The minimum absolute atomic E-state index is 0.151. The maximum Gasteiger partial charge on any atom is 0.234 e. The summed E-state index contributed by atoms with van der Waals surface area (Å²) < 4.78 is 0. The second-order valence-corrected chi connectivity index (χ2v) is 6.03. The molecule has 0 aliphatic rings. The molecule has 1 aromatic heterocycles. The topological polar surface area (TPSA) is 113 Å². The van der Waals surface area contributed by atoms with Crippen molar-refractivity contribution < 1.29 is 14.4 Å². The molecule has 0 spiro atoms. The van der Waals surface area contributed by atoms with Crippen LogP contribution in [0.3, 0.4) is 0 Å². The maximum atomic E-state index is 12.0. The smallest absolute Gasteiger partial charge is 0.234 e. The standard InChI is InChI=1S/C16H17N5O3S/c1-10(22)17-12-4-3-5-13(8-12)19-15(24)9-25-16-7-6-14(20-21-16)18-11(2)23/h3-8H,9H2,1-2H3,(H,17,22)(H,19,24)(H,18,20,23). The Hall–Kier alpha value is -2.94. The van der Waals surface area contributed by atoms with Crippen LogP contribution in [0.15, 0.2) is 41.4 Å². The predicted molar refractivity (Wildman–Crippen MR) is 96.4 cm³/mol. The molecular formula is C16H17N5O3S. The van der Waals surface area contributed by atoms with Gasteiger partial charge in [-0.05, 0) is 30.3 Å². The highest BCUT2D eigenvalue weighted by Gasteiger charge is 2.07. The molecule has 0 radical (unpaired) electrons. The zero-order chi connectivity index (χ0) is 18.2. The van der Waals surface area contributed by atoms with Crippen molar-refractivity contribution >= 4 is 46.7 Å². The number of benzene rings is 1. The Labute approximate surface area is 148 Å². The Bertz CT molecular complexity index is 780. The van der Waals surface area contributed by atoms with E-state index < -0.39 is 0 Å². The molecule has 2 rings (SSSR count). The number of carbonyl (C=O) groups excluding carboxylic acids is 3. The Morgan fingerprint density at radius 3 is 2.20 bits per heavy atom. The number of hydrogen-bond acceptors (Lipinski definition) is 6. The number of hydrogen-bond donors (Lipinski definition) is 3. The van der Waals surface area contributed by atoms with E-state index in [9.17, 15) is 14.4 Å². The molecule has 25 heavy (non-hydrogen) atoms. The molecule has 2 aromatic rings. The lowest BCUT2D eigenvalue weighted by Gasteiger charge is -2.07. The molecule has 0 aliphatic carbocycles. The van der Waals surface area contributed by atoms with E-state index in [1.165, 1.54) is 25.6 Å². The minimum atomic E-state index is -0.226. The van der Waals surface area contributed by atoms with Gasteiger partial charge in [-0.15, -0.1) is 10.2 Å². The van der Waals surface area contributed by atoms with Crippen LogP contribution in [0.2, 0.25) is 0 Å². The summed E-state index contributed by atoms with van der Waals surface area (Å²) >= 11 is 1.22. The summed E-state index contributed by atoms with van der Waals surface area (Å²) in [6, 6.07) is 10.2. The van der Waals surface area contributed by atoms with Crippen LogP contribution >= 0.6 is 11.8 Å². The lowest BCUT2D eigenvalue weighted by molar-refractivity contribution is -0.115. The highest BCUT2D eigenvalue weighted by Crippen LogP contribution is 2.18. The summed E-state index contributed by atoms with van der Waals surface area (Å²) in [4.78, 5) is 34.0. The van der Waals surface area contributed by atoms with Gasteiger partial charge in [0.25, 0.3) is 0 Å². The van der Waals surface area contributed by atoms with Crippen molar-refractivity contribution in [3.8, 4) is 0 Å². The molecule has 0 atom stereocenters. The molecule has 3 N–H and O–H groups in total. The lowest BCUT2D eigenvalue weighted by atomic mass is 10.2. The SMILES string of the molecule is CC(=O)Nc1cccc(NC(=O)CSc2ccc(NC(C)=O)nn2)c1. The average molecular weight is 359 g/mol. The fraction of sp³-hybridized carbons (Fsp3) is 0.188. The highest BCUT2D eigenvalue weighted by atomic mass is 32.2. The number of nitrogens with zero attached hydrogens (tertiary/aromatic N) is 2. The number of rotatable bonds is 6. The Morgan fingerprint density at radius 1 is 0.920 bits per heavy atom. The van der Waals surface area contributed by atoms with E-state index in [2.05, 4.69) is 26.1 Å². The quantitative estimate of drug-likeness (QED) is 0.681. The van der Waals surface area contributed by atoms with Gasteiger partial charge < -0.3 is 16.0 Å². The van der Waals surface area contributed by atoms with Gasteiger partial charge in [-0.2, -0.15) is 0 Å². The third-order valence-electron chi connectivity index (χ3n) is 2.76. The number of amides is 3. The van der Waals surface area contributed by atoms with Gasteiger partial charge in [0.05, 0.1) is 5.75 Å². The summed E-state index contributed by atoms with van der Waals surface area (Å²) in [5.41, 5.74) is 1.20. The Morgan fingerprint density at radius 2 is 1.60 bits per heavy atom. The molecule has 3 amide bonds. The second-order valence-electron chi connectivity index (χ2n) is 5.04. The minimum Gasteiger partial charge on any atom is -0.326 e. The largest absolute Gasteiger partial charge is 0.326 e. The van der Waals surface area contributed by atoms with E-state index >= 15 is 0 Å². The molecule has 9 heteroatoms. The van der Waals surface area contributed by atoms with Crippen molar-refractivity contribution in [2.45, 2.75) is 18.9 Å². The molecule has 1 aromatic carbocycles. The van der Waals surface area contributed by atoms with Gasteiger partial charge in [0.15, 0.2) is 5.82 Å². The van der Waals surface area contributed by atoms with E-state index in [1.807, 2.05) is 0 Å². The van der Waals surface area contributed by atoms with Gasteiger partial charge in [0, 0.05) is 25.2 Å². The third kappa shape index (κ3) is 6.60. The van der Waals surface area contributed by atoms with Crippen LogP contribution in [-0.4, -0.2) is 33.7 Å². The molecule has 8 nitrogen and oxygen atoms in total. The number of carbonyl (C=O) groups is 3. The van der Waals surface area contributed by atoms with Crippen molar-refractivity contribution in [3.05, 3.63) is 36.4 Å². The molecule has 0 aliphatic heterocycles. The zero-order valence-corrected chi connectivity index (χ0v) is 14.5. The van der Waals surface area contributed by atoms with Gasteiger partial charge in [-0.1, -0.05) is 17.8 Å². The first-order valence-corrected chi connectivity index (χ1v) is 8.32. The molecular weight excluding hydrogens is 342 g/mol. The summed E-state index contributed by atoms with van der Waals surface area (Å²) in [7, 11) is 0. The van der Waals surface area contributed by atoms with Crippen molar-refractivity contribution in [3.63, 3.8) is 0 Å². The summed E-state index contributed by atoms with van der Waals surface area (Å²) in [5.74, 6) is -0.108. The summed E-state index contributed by atoms with van der Waals surface area (Å²) in [5, 5.41) is 16.3. The predicted octanol–water partition coefficient (Wildman–Crippen LogP) is 2.12. The van der Waals surface area contributed by atoms with E-state index in [4.69, 9.17) is 0 Å². The molecule has 0 saturated carbocycles. The third-order valence-corrected chi connectivity index (χ3v) is 3.68. The van der Waals surface area contributed by atoms with E-state index in [1.54, 1.807) is 36.4 Å². The molecule has 0 bridgehead atoms. The Balaban J connectivity index is 1.86. The maximum absolute atomic E-state index is 12.0. The van der Waals surface area contributed by atoms with E-state index in [0.29, 0.717) is 22.2 Å². The highest BCUT2D eigenvalue weighted by molar-refractivity contribution is 7.99. The molecule has 0 fully saturated rings. The zero-order valence-electron chi connectivity index (χ0n) is 13.7. The van der Waals surface area contributed by atoms with Gasteiger partial charge in [-0.3, -0.25) is 14.4 Å². The van der Waals surface area contributed by atoms with Gasteiger partial charge in [0.2, 0.25) is 17.7 Å². The van der Waals surface area contributed by atoms with Crippen molar-refractivity contribution in [1.82, 2.24) is 10.2 Å². The van der Waals surface area contributed by atoms with Gasteiger partial charge in [0.1, 0.15) is 5.03 Å². The number of nitrogens with one attached hydrogen (secondary N) is 3. The molecule has 130 valence electrons. The fourth-order valence-corrected chi connectivity index (χ4v) is 2.47. The monoisotopic (exact) mass is 359 g/mol. The van der Waals surface area contributed by atoms with Gasteiger partial charge in [-0.25, -0.2) is 0 Å². The van der Waals surface area contributed by atoms with Crippen LogP contribution in [0.5, 0.6) is 0 Å². The van der Waals surface area contributed by atoms with Crippen LogP contribution in [0.4, 0.5) is 17.2 Å². The fourth-order valence-electron chi connectivity index (χ4n) is 1.86. The van der Waals surface area contributed by atoms with Gasteiger partial charge >= 0.3 is 0 Å². The first-order valence-electron chi connectivity index (χ1n) is 7.34. The number of thioether (sulfide) groups is 1. The van der Waals surface area contributed by atoms with Crippen LogP contribution in [0, 0.1) is 0 Å². The normalized spacial score (nSPS) is 10.0. The first kappa shape index (κ1) is 18.4. The van der Waals surface area contributed by atoms with Crippen molar-refractivity contribution in [2.75, 3.05) is 21.7 Å². The number of aromatic nitrogens is 2. The van der Waals surface area contributed by atoms with Crippen molar-refractivity contribution in [1.29, 1.82) is 0 Å². The molecule has 0 saturated heterocycles. The van der Waals surface area contributed by atoms with E-state index in [0.717, 1.165) is 0 Å². The van der Waals surface area contributed by atoms with Crippen molar-refractivity contribution in [2.24, 2.45) is 0 Å². The second kappa shape index (κ2) is 8.78. The van der Waals surface area contributed by atoms with E-state index in [-0.39, 0.29) is 23.5 Å². The van der Waals surface area contributed by atoms with Crippen LogP contribution < -0.4 is 16.0 Å². The summed E-state index contributed by atoms with van der Waals surface area (Å²) in [6.45, 7) is 2.80. The first-order chi connectivity index (χ1) is 11.9. The van der Waals surface area contributed by atoms with Crippen LogP contribution in [0.1, 0.15) is 13.8 Å². The van der Waals surface area contributed by atoms with Crippen LogP contribution in [-0.2, 0) is 14.4 Å². The molecule has 1 heterocycles. The lowest BCUT2D eigenvalue weighted by Crippen LogP contribution is -2.14. The summed E-state index contributed by atoms with van der Waals surface area (Å²) in [6.07, 6.45) is 0. The number of anilines is 3. The molecule has 0 unspecified atom stereocenters.